The Kier molecular flexibility index (Phi) is 10.4. The van der Waals surface area contributed by atoms with E-state index in [-0.39, 0.29) is 49.4 Å². The van der Waals surface area contributed by atoms with Crippen molar-refractivity contribution in [3.63, 3.8) is 0 Å². The van der Waals surface area contributed by atoms with Gasteiger partial charge in [-0.05, 0) is 68.7 Å². The maximum absolute atomic E-state index is 14.7. The molecule has 4 N–H and O–H groups in total. The molecule has 1 saturated carbocycles. The Morgan fingerprint density at radius 1 is 1.10 bits per heavy atom. The van der Waals surface area contributed by atoms with Gasteiger partial charge in [-0.25, -0.2) is 14.4 Å². The highest BCUT2D eigenvalue weighted by Gasteiger charge is 2.49. The van der Waals surface area contributed by atoms with Crippen molar-refractivity contribution in [2.24, 2.45) is 23.7 Å². The van der Waals surface area contributed by atoms with Crippen molar-refractivity contribution in [2.75, 3.05) is 18.1 Å². The molecular formula is C34H44N10O6S. The van der Waals surface area contributed by atoms with Crippen LogP contribution in [0.2, 0.25) is 0 Å². The molecule has 0 radical (unpaired) electrons. The van der Waals surface area contributed by atoms with Crippen LogP contribution >= 0.6 is 11.8 Å². The molecule has 1 aliphatic carbocycles. The van der Waals surface area contributed by atoms with Crippen molar-refractivity contribution in [3.05, 3.63) is 35.7 Å². The fourth-order valence-corrected chi connectivity index (χ4v) is 8.65. The minimum atomic E-state index is -1.50. The van der Waals surface area contributed by atoms with Crippen LogP contribution in [0.25, 0.3) is 11.0 Å². The summed E-state index contributed by atoms with van der Waals surface area (Å²) < 4.78 is 3.06. The van der Waals surface area contributed by atoms with Crippen LogP contribution in [0, 0.1) is 5.92 Å². The van der Waals surface area contributed by atoms with E-state index in [1.807, 2.05) is 0 Å². The number of likely N-dealkylation sites (tertiary alicyclic amines) is 1. The molecule has 16 nitrogen and oxygen atoms in total. The second-order valence-corrected chi connectivity index (χ2v) is 15.6. The van der Waals surface area contributed by atoms with Crippen LogP contribution in [0.3, 0.4) is 0 Å². The van der Waals surface area contributed by atoms with Crippen LogP contribution in [-0.2, 0) is 31.8 Å². The second kappa shape index (κ2) is 14.6. The number of aryl methyl sites for hydroxylation is 1. The Labute approximate surface area is 299 Å². The van der Waals surface area contributed by atoms with Gasteiger partial charge in [-0.1, -0.05) is 42.5 Å². The Morgan fingerprint density at radius 3 is 2.51 bits per heavy atom. The maximum atomic E-state index is 14.7. The van der Waals surface area contributed by atoms with Gasteiger partial charge >= 0.3 is 0 Å². The largest absolute Gasteiger partial charge is 0.384 e. The molecule has 4 heterocycles. The minimum absolute atomic E-state index is 0.0134. The number of benzene rings is 1. The van der Waals surface area contributed by atoms with Gasteiger partial charge in [0.05, 0.1) is 23.4 Å². The van der Waals surface area contributed by atoms with Crippen molar-refractivity contribution in [1.82, 2.24) is 40.2 Å². The predicted octanol–water partition coefficient (Wildman–Crippen LogP) is 1.62. The standard InChI is InChI=1S/C34H44N10O6S/c1-33(2,50)27-18-36-40-44(27)22-17-26(31(48)38-34(28(45)29(35)46)11-13-51-14-12-34)43(19-22)32(49)24(15-20-7-5-4-6-8-20)37-30(47)21-9-10-23-25(16-21)42(3)41-39-23/h9-10,16,18,20,22,26,50H,4-8,11-15,17,19H2,1-3H3,(H2,35,46)(H,38,48)/b37-24+/t22-,26-/m0/s1. The van der Waals surface area contributed by atoms with Crippen LogP contribution in [0.15, 0.2) is 29.4 Å². The van der Waals surface area contributed by atoms with Gasteiger partial charge < -0.3 is 21.1 Å². The lowest BCUT2D eigenvalue weighted by atomic mass is 9.85. The van der Waals surface area contributed by atoms with Gasteiger partial charge in [-0.2, -0.15) is 11.8 Å². The number of nitrogens with zero attached hydrogens (tertiary/aromatic N) is 8. The third kappa shape index (κ3) is 7.59. The number of hydrogen-bond acceptors (Lipinski definition) is 11. The van der Waals surface area contributed by atoms with Crippen molar-refractivity contribution in [1.29, 1.82) is 0 Å². The number of aromatic nitrogens is 6. The molecule has 3 fully saturated rings. The van der Waals surface area contributed by atoms with E-state index in [2.05, 4.69) is 30.9 Å². The molecule has 3 aliphatic rings. The Bertz CT molecular complexity index is 1870. The number of nitrogens with two attached hydrogens (primary N) is 1. The first-order valence-corrected chi connectivity index (χ1v) is 18.5. The van der Waals surface area contributed by atoms with Gasteiger partial charge in [0, 0.05) is 25.6 Å². The Morgan fingerprint density at radius 2 is 1.82 bits per heavy atom. The van der Waals surface area contributed by atoms with Crippen molar-refractivity contribution in [3.8, 4) is 0 Å². The average Bonchev–Trinajstić information content (AvgIpc) is 3.87. The predicted molar refractivity (Wildman–Crippen MR) is 188 cm³/mol. The summed E-state index contributed by atoms with van der Waals surface area (Å²) in [5.41, 5.74) is 4.53. The van der Waals surface area contributed by atoms with Crippen molar-refractivity contribution < 1.29 is 29.1 Å². The summed E-state index contributed by atoms with van der Waals surface area (Å²) in [6, 6.07) is 3.17. The van der Waals surface area contributed by atoms with Crippen LogP contribution in [0.4, 0.5) is 0 Å². The number of thioether (sulfide) groups is 1. The third-order valence-corrected chi connectivity index (χ3v) is 11.3. The van der Waals surface area contributed by atoms with Gasteiger partial charge in [0.2, 0.25) is 11.7 Å². The molecule has 2 saturated heterocycles. The number of hydrogen-bond donors (Lipinski definition) is 3. The first-order chi connectivity index (χ1) is 24.3. The number of rotatable bonds is 10. The highest BCUT2D eigenvalue weighted by molar-refractivity contribution is 7.99. The molecular weight excluding hydrogens is 677 g/mol. The van der Waals surface area contributed by atoms with Crippen LogP contribution in [0.1, 0.15) is 93.7 Å². The number of amides is 4. The molecule has 0 spiro atoms. The molecule has 3 aromatic rings. The lowest BCUT2D eigenvalue weighted by Gasteiger charge is -2.37. The van der Waals surface area contributed by atoms with Crippen LogP contribution in [-0.4, -0.2) is 105 Å². The number of primary amides is 1. The molecule has 0 bridgehead atoms. The normalized spacial score (nSPS) is 21.5. The molecule has 4 amide bonds. The fraction of sp³-hybridized carbons (Fsp3) is 0.588. The zero-order valence-corrected chi connectivity index (χ0v) is 29.9. The molecule has 2 aromatic heterocycles. The lowest BCUT2D eigenvalue weighted by molar-refractivity contribution is -0.143. The number of carbonyl (C=O) groups is 5. The summed E-state index contributed by atoms with van der Waals surface area (Å²) in [6.45, 7) is 3.16. The van der Waals surface area contributed by atoms with Gasteiger partial charge in [0.15, 0.2) is 0 Å². The summed E-state index contributed by atoms with van der Waals surface area (Å²) >= 11 is 1.60. The highest BCUT2D eigenvalue weighted by atomic mass is 32.2. The molecule has 51 heavy (non-hydrogen) atoms. The van der Waals surface area contributed by atoms with E-state index in [0.29, 0.717) is 28.2 Å². The molecule has 272 valence electrons. The van der Waals surface area contributed by atoms with Crippen LogP contribution in [0.5, 0.6) is 0 Å². The monoisotopic (exact) mass is 720 g/mol. The molecule has 6 rings (SSSR count). The number of aliphatic hydroxyl groups is 1. The SMILES string of the molecule is Cn1nnc2ccc(C(=O)/N=C(\CC3CCCCC3)C(=O)N3C[C@@H](n4nncc4C(C)(C)O)C[C@H]3C(=O)NC3(C(=O)C(N)=O)CCSCC3)cc21. The van der Waals surface area contributed by atoms with E-state index in [9.17, 15) is 29.1 Å². The summed E-state index contributed by atoms with van der Waals surface area (Å²) in [5.74, 6) is -2.66. The first-order valence-electron chi connectivity index (χ1n) is 17.4. The third-order valence-electron chi connectivity index (χ3n) is 10.3. The highest BCUT2D eigenvalue weighted by Crippen LogP contribution is 2.35. The van der Waals surface area contributed by atoms with E-state index >= 15 is 0 Å². The molecule has 2 atom stereocenters. The van der Waals surface area contributed by atoms with Crippen LogP contribution < -0.4 is 11.1 Å². The van der Waals surface area contributed by atoms with Gasteiger partial charge in [-0.3, -0.25) is 24.0 Å². The summed E-state index contributed by atoms with van der Waals surface area (Å²) in [6.07, 6.45) is 7.01. The number of nitrogens with one attached hydrogen (secondary N) is 1. The first kappa shape index (κ1) is 36.3. The number of carbonyl (C=O) groups excluding carboxylic acids is 5. The Balaban J connectivity index is 1.37. The van der Waals surface area contributed by atoms with E-state index in [1.54, 1.807) is 55.5 Å². The van der Waals surface area contributed by atoms with E-state index < -0.39 is 52.6 Å². The Hall–Kier alpha value is -4.51. The van der Waals surface area contributed by atoms with E-state index in [4.69, 9.17) is 5.73 Å². The molecule has 17 heteroatoms. The zero-order valence-electron chi connectivity index (χ0n) is 29.1. The van der Waals surface area contributed by atoms with E-state index in [0.717, 1.165) is 32.1 Å². The summed E-state index contributed by atoms with van der Waals surface area (Å²) in [5, 5.41) is 30.0. The quantitative estimate of drug-likeness (QED) is 0.202. The van der Waals surface area contributed by atoms with Crippen molar-refractivity contribution in [2.45, 2.75) is 94.9 Å². The topological polar surface area (TPSA) is 221 Å². The number of aliphatic imine (C=N–C) groups is 1. The lowest BCUT2D eigenvalue weighted by Crippen LogP contribution is -2.63. The molecule has 1 aromatic carbocycles. The minimum Gasteiger partial charge on any atom is -0.384 e. The smallest absolute Gasteiger partial charge is 0.287 e. The number of fused-ring (bicyclic) bond motifs is 1. The van der Waals surface area contributed by atoms with Gasteiger partial charge in [-0.15, -0.1) is 10.2 Å². The summed E-state index contributed by atoms with van der Waals surface area (Å²) in [4.78, 5) is 73.9. The number of Topliss-reactive ketones (excluding diaryl/α,β-unsaturated/α-hetero) is 1. The average molecular weight is 721 g/mol. The fourth-order valence-electron chi connectivity index (χ4n) is 7.46. The summed E-state index contributed by atoms with van der Waals surface area (Å²) in [7, 11) is 1.71. The van der Waals surface area contributed by atoms with E-state index in [1.165, 1.54) is 15.8 Å². The van der Waals surface area contributed by atoms with Gasteiger partial charge in [0.1, 0.15) is 28.4 Å². The zero-order chi connectivity index (χ0) is 36.5. The van der Waals surface area contributed by atoms with Crippen molar-refractivity contribution >= 4 is 57.9 Å². The maximum Gasteiger partial charge on any atom is 0.287 e. The second-order valence-electron chi connectivity index (χ2n) is 14.4. The number of ketones is 1. The molecule has 2 aliphatic heterocycles. The molecule has 0 unspecified atom stereocenters. The van der Waals surface area contributed by atoms with Gasteiger partial charge in [0.25, 0.3) is 17.7 Å².